The number of para-hydroxylation sites is 1. The van der Waals surface area contributed by atoms with Gasteiger partial charge in [-0.1, -0.05) is 41.4 Å². The Morgan fingerprint density at radius 1 is 0.971 bits per heavy atom. The minimum absolute atomic E-state index is 0. The molecule has 5 nitrogen and oxygen atoms in total. The Bertz CT molecular complexity index is 1320. The van der Waals surface area contributed by atoms with Crippen molar-refractivity contribution in [1.29, 1.82) is 0 Å². The van der Waals surface area contributed by atoms with Crippen LogP contribution < -0.4 is 10.6 Å². The van der Waals surface area contributed by atoms with Crippen LogP contribution in [0.3, 0.4) is 0 Å². The van der Waals surface area contributed by atoms with Gasteiger partial charge >= 0.3 is 0 Å². The highest BCUT2D eigenvalue weighted by Crippen LogP contribution is 2.34. The van der Waals surface area contributed by atoms with E-state index in [-0.39, 0.29) is 18.3 Å². The van der Waals surface area contributed by atoms with Gasteiger partial charge in [0.15, 0.2) is 0 Å². The molecule has 1 fully saturated rings. The summed E-state index contributed by atoms with van der Waals surface area (Å²) in [6.07, 6.45) is 0. The molecule has 1 aromatic heterocycles. The largest absolute Gasteiger partial charge is 0.456 e. The highest BCUT2D eigenvalue weighted by atomic mass is 35.5. The van der Waals surface area contributed by atoms with Crippen molar-refractivity contribution < 1.29 is 9.21 Å². The lowest BCUT2D eigenvalue weighted by atomic mass is 10.1. The summed E-state index contributed by atoms with van der Waals surface area (Å²) < 4.78 is 6.15. The maximum atomic E-state index is 12.8. The van der Waals surface area contributed by atoms with Crippen LogP contribution in [0.25, 0.3) is 22.3 Å². The second kappa shape index (κ2) is 10.8. The number of carbonyl (C=O) groups is 1. The standard InChI is InChI=1S/C26H23Cl2N3O2.ClH/c27-21-7-6-18(14-22(21)28)26(32)30-23-4-2-1-3-20(23)25-15-19-13-17(5-8-24(19)33-25)16-31-11-9-29-10-12-31;/h1-8,13-15,29H,9-12,16H2,(H,30,32);1H. The average molecular weight is 517 g/mol. The van der Waals surface area contributed by atoms with Crippen molar-refractivity contribution in [2.75, 3.05) is 31.5 Å². The summed E-state index contributed by atoms with van der Waals surface area (Å²) in [5.41, 5.74) is 3.98. The lowest BCUT2D eigenvalue weighted by Gasteiger charge is -2.27. The Morgan fingerprint density at radius 3 is 2.56 bits per heavy atom. The zero-order chi connectivity index (χ0) is 22.8. The van der Waals surface area contributed by atoms with Gasteiger partial charge in [-0.2, -0.15) is 0 Å². The fourth-order valence-corrected chi connectivity index (χ4v) is 4.39. The smallest absolute Gasteiger partial charge is 0.255 e. The number of nitrogens with zero attached hydrogens (tertiary/aromatic N) is 1. The Balaban J connectivity index is 0.00000274. The van der Waals surface area contributed by atoms with Gasteiger partial charge < -0.3 is 15.1 Å². The molecule has 1 aliphatic rings. The third-order valence-electron chi connectivity index (χ3n) is 5.82. The molecule has 0 unspecified atom stereocenters. The number of hydrogen-bond donors (Lipinski definition) is 2. The van der Waals surface area contributed by atoms with Crippen LogP contribution >= 0.6 is 35.6 Å². The molecule has 0 saturated carbocycles. The van der Waals surface area contributed by atoms with E-state index in [9.17, 15) is 4.79 Å². The predicted molar refractivity (Wildman–Crippen MR) is 141 cm³/mol. The first-order valence-electron chi connectivity index (χ1n) is 10.9. The van der Waals surface area contributed by atoms with Gasteiger partial charge in [0.05, 0.1) is 15.7 Å². The second-order valence-corrected chi connectivity index (χ2v) is 8.95. The van der Waals surface area contributed by atoms with E-state index in [1.807, 2.05) is 36.4 Å². The topological polar surface area (TPSA) is 57.5 Å². The van der Waals surface area contributed by atoms with E-state index in [4.69, 9.17) is 27.6 Å². The second-order valence-electron chi connectivity index (χ2n) is 8.14. The van der Waals surface area contributed by atoms with Gasteiger partial charge in [0.25, 0.3) is 5.91 Å². The van der Waals surface area contributed by atoms with Crippen LogP contribution in [0.5, 0.6) is 0 Å². The molecule has 0 radical (unpaired) electrons. The quantitative estimate of drug-likeness (QED) is 0.318. The monoisotopic (exact) mass is 515 g/mol. The van der Waals surface area contributed by atoms with E-state index in [0.29, 0.717) is 27.1 Å². The molecular formula is C26H24Cl3N3O2. The molecule has 0 spiro atoms. The van der Waals surface area contributed by atoms with Crippen molar-refractivity contribution in [1.82, 2.24) is 10.2 Å². The fraction of sp³-hybridized carbons (Fsp3) is 0.192. The maximum Gasteiger partial charge on any atom is 0.255 e. The van der Waals surface area contributed by atoms with Crippen molar-refractivity contribution in [2.45, 2.75) is 6.54 Å². The van der Waals surface area contributed by atoms with Crippen molar-refractivity contribution >= 4 is 58.2 Å². The minimum Gasteiger partial charge on any atom is -0.456 e. The van der Waals surface area contributed by atoms with Gasteiger partial charge in [0, 0.05) is 49.2 Å². The van der Waals surface area contributed by atoms with Gasteiger partial charge in [-0.25, -0.2) is 0 Å². The first-order valence-corrected chi connectivity index (χ1v) is 11.6. The third kappa shape index (κ3) is 5.40. The molecule has 176 valence electrons. The molecule has 2 N–H and O–H groups in total. The molecule has 1 amide bonds. The summed E-state index contributed by atoms with van der Waals surface area (Å²) in [6, 6.07) is 20.8. The van der Waals surface area contributed by atoms with E-state index in [1.54, 1.807) is 18.2 Å². The Morgan fingerprint density at radius 2 is 1.76 bits per heavy atom. The number of fused-ring (bicyclic) bond motifs is 1. The van der Waals surface area contributed by atoms with Gasteiger partial charge in [-0.05, 0) is 54.1 Å². The van der Waals surface area contributed by atoms with Crippen molar-refractivity contribution in [3.05, 3.63) is 87.9 Å². The predicted octanol–water partition coefficient (Wildman–Crippen LogP) is 6.49. The molecular weight excluding hydrogens is 493 g/mol. The molecule has 1 aliphatic heterocycles. The third-order valence-corrected chi connectivity index (χ3v) is 6.56. The highest BCUT2D eigenvalue weighted by Gasteiger charge is 2.15. The van der Waals surface area contributed by atoms with Crippen LogP contribution in [-0.2, 0) is 6.54 Å². The number of hydrogen-bond acceptors (Lipinski definition) is 4. The average Bonchev–Trinajstić information content (AvgIpc) is 3.25. The Labute approximate surface area is 214 Å². The van der Waals surface area contributed by atoms with E-state index in [1.165, 1.54) is 5.56 Å². The van der Waals surface area contributed by atoms with Gasteiger partial charge in [0.2, 0.25) is 0 Å². The molecule has 1 saturated heterocycles. The van der Waals surface area contributed by atoms with Gasteiger partial charge in [-0.3, -0.25) is 9.69 Å². The lowest BCUT2D eigenvalue weighted by molar-refractivity contribution is 0.102. The van der Waals surface area contributed by atoms with Crippen molar-refractivity contribution in [3.8, 4) is 11.3 Å². The number of amides is 1. The summed E-state index contributed by atoms with van der Waals surface area (Å²) in [4.78, 5) is 15.3. The van der Waals surface area contributed by atoms with Crippen LogP contribution in [0.2, 0.25) is 10.0 Å². The van der Waals surface area contributed by atoms with Crippen LogP contribution in [0.1, 0.15) is 15.9 Å². The Kier molecular flexibility index (Phi) is 7.81. The van der Waals surface area contributed by atoms with E-state index in [0.717, 1.165) is 49.3 Å². The Hall–Kier alpha value is -2.54. The first-order chi connectivity index (χ1) is 16.1. The molecule has 0 aliphatic carbocycles. The SMILES string of the molecule is Cl.O=C(Nc1ccccc1-c1cc2cc(CN3CCNCC3)ccc2o1)c1ccc(Cl)c(Cl)c1. The zero-order valence-electron chi connectivity index (χ0n) is 18.3. The first kappa shape index (κ1) is 24.6. The molecule has 0 bridgehead atoms. The zero-order valence-corrected chi connectivity index (χ0v) is 20.6. The number of halogens is 3. The molecule has 2 heterocycles. The van der Waals surface area contributed by atoms with Crippen LogP contribution in [0.4, 0.5) is 5.69 Å². The van der Waals surface area contributed by atoms with Crippen LogP contribution in [0.15, 0.2) is 71.1 Å². The molecule has 4 aromatic rings. The van der Waals surface area contributed by atoms with Gasteiger partial charge in [0.1, 0.15) is 11.3 Å². The van der Waals surface area contributed by atoms with Gasteiger partial charge in [-0.15, -0.1) is 12.4 Å². The summed E-state index contributed by atoms with van der Waals surface area (Å²) in [6.45, 7) is 5.10. The minimum atomic E-state index is -0.268. The molecule has 5 rings (SSSR count). The van der Waals surface area contributed by atoms with E-state index >= 15 is 0 Å². The van der Waals surface area contributed by atoms with Crippen molar-refractivity contribution in [3.63, 3.8) is 0 Å². The summed E-state index contributed by atoms with van der Waals surface area (Å²) in [5.74, 6) is 0.435. The van der Waals surface area contributed by atoms with Crippen LogP contribution in [-0.4, -0.2) is 37.0 Å². The lowest BCUT2D eigenvalue weighted by Crippen LogP contribution is -2.42. The van der Waals surface area contributed by atoms with Crippen LogP contribution in [0, 0.1) is 0 Å². The number of anilines is 1. The summed E-state index contributed by atoms with van der Waals surface area (Å²) >= 11 is 12.0. The number of carbonyl (C=O) groups excluding carboxylic acids is 1. The molecule has 34 heavy (non-hydrogen) atoms. The highest BCUT2D eigenvalue weighted by molar-refractivity contribution is 6.42. The normalized spacial score (nSPS) is 14.1. The summed E-state index contributed by atoms with van der Waals surface area (Å²) in [5, 5.41) is 8.15. The van der Waals surface area contributed by atoms with E-state index < -0.39 is 0 Å². The van der Waals surface area contributed by atoms with E-state index in [2.05, 4.69) is 27.7 Å². The number of rotatable bonds is 5. The van der Waals surface area contributed by atoms with Crippen molar-refractivity contribution in [2.24, 2.45) is 0 Å². The number of piperazine rings is 1. The number of furan rings is 1. The number of benzene rings is 3. The molecule has 8 heteroatoms. The number of nitrogens with one attached hydrogen (secondary N) is 2. The molecule has 0 atom stereocenters. The molecule has 3 aromatic carbocycles. The maximum absolute atomic E-state index is 12.8. The summed E-state index contributed by atoms with van der Waals surface area (Å²) in [7, 11) is 0. The fourth-order valence-electron chi connectivity index (χ4n) is 4.09.